The van der Waals surface area contributed by atoms with Gasteiger partial charge in [-0.1, -0.05) is 0 Å². The molecule has 13 heavy (non-hydrogen) atoms. The molecule has 1 heterocycles. The van der Waals surface area contributed by atoms with E-state index in [1.54, 1.807) is 12.1 Å². The van der Waals surface area contributed by atoms with E-state index in [9.17, 15) is 4.39 Å². The van der Waals surface area contributed by atoms with E-state index in [4.69, 9.17) is 0 Å². The van der Waals surface area contributed by atoms with Gasteiger partial charge in [0.1, 0.15) is 5.82 Å². The molecule has 0 radical (unpaired) electrons. The van der Waals surface area contributed by atoms with Gasteiger partial charge in [-0.2, -0.15) is 0 Å². The SMILES string of the molecule is Fc1ccc2c(c1)CNCCCN2. The van der Waals surface area contributed by atoms with Crippen LogP contribution in [0.3, 0.4) is 0 Å². The molecule has 0 saturated heterocycles. The van der Waals surface area contributed by atoms with E-state index < -0.39 is 0 Å². The fourth-order valence-electron chi connectivity index (χ4n) is 1.54. The topological polar surface area (TPSA) is 24.1 Å². The van der Waals surface area contributed by atoms with E-state index >= 15 is 0 Å². The number of hydrogen-bond acceptors (Lipinski definition) is 2. The van der Waals surface area contributed by atoms with Crippen LogP contribution in [0.1, 0.15) is 12.0 Å². The minimum Gasteiger partial charge on any atom is -0.385 e. The van der Waals surface area contributed by atoms with Crippen molar-refractivity contribution in [2.45, 2.75) is 13.0 Å². The van der Waals surface area contributed by atoms with Gasteiger partial charge in [0.2, 0.25) is 0 Å². The molecule has 2 rings (SSSR count). The first-order valence-corrected chi connectivity index (χ1v) is 4.59. The van der Waals surface area contributed by atoms with Gasteiger partial charge in [0.05, 0.1) is 0 Å². The summed E-state index contributed by atoms with van der Waals surface area (Å²) < 4.78 is 12.9. The lowest BCUT2D eigenvalue weighted by atomic mass is 10.1. The van der Waals surface area contributed by atoms with Gasteiger partial charge in [-0.3, -0.25) is 0 Å². The Kier molecular flexibility index (Phi) is 2.45. The molecule has 0 atom stereocenters. The van der Waals surface area contributed by atoms with Crippen LogP contribution in [0.2, 0.25) is 0 Å². The molecule has 0 unspecified atom stereocenters. The van der Waals surface area contributed by atoms with Crippen LogP contribution >= 0.6 is 0 Å². The highest BCUT2D eigenvalue weighted by atomic mass is 19.1. The van der Waals surface area contributed by atoms with Crippen molar-refractivity contribution in [3.05, 3.63) is 29.6 Å². The second-order valence-electron chi connectivity index (χ2n) is 3.26. The van der Waals surface area contributed by atoms with Crippen molar-refractivity contribution in [1.82, 2.24) is 5.32 Å². The molecule has 0 spiro atoms. The van der Waals surface area contributed by atoms with E-state index in [0.717, 1.165) is 37.3 Å². The third kappa shape index (κ3) is 1.98. The molecule has 0 fully saturated rings. The van der Waals surface area contributed by atoms with Crippen LogP contribution in [0.5, 0.6) is 0 Å². The van der Waals surface area contributed by atoms with Crippen molar-refractivity contribution in [2.75, 3.05) is 18.4 Å². The first-order valence-electron chi connectivity index (χ1n) is 4.59. The highest BCUT2D eigenvalue weighted by molar-refractivity contribution is 5.51. The first kappa shape index (κ1) is 8.51. The van der Waals surface area contributed by atoms with Crippen molar-refractivity contribution in [3.63, 3.8) is 0 Å². The van der Waals surface area contributed by atoms with Gasteiger partial charge in [0.25, 0.3) is 0 Å². The largest absolute Gasteiger partial charge is 0.385 e. The van der Waals surface area contributed by atoms with Gasteiger partial charge in [-0.25, -0.2) is 4.39 Å². The Morgan fingerprint density at radius 1 is 1.23 bits per heavy atom. The fraction of sp³-hybridized carbons (Fsp3) is 0.400. The third-order valence-electron chi connectivity index (χ3n) is 2.23. The molecular weight excluding hydrogens is 167 g/mol. The lowest BCUT2D eigenvalue weighted by Gasteiger charge is -2.16. The standard InChI is InChI=1S/C10H13FN2/c11-9-2-3-10-8(6-9)7-12-4-1-5-13-10/h2-3,6,12-13H,1,4-5,7H2. The highest BCUT2D eigenvalue weighted by Crippen LogP contribution is 2.17. The fourth-order valence-corrected chi connectivity index (χ4v) is 1.54. The molecule has 2 nitrogen and oxygen atoms in total. The van der Waals surface area contributed by atoms with Crippen molar-refractivity contribution in [3.8, 4) is 0 Å². The number of anilines is 1. The van der Waals surface area contributed by atoms with E-state index in [2.05, 4.69) is 10.6 Å². The summed E-state index contributed by atoms with van der Waals surface area (Å²) >= 11 is 0. The average Bonchev–Trinajstić information content (AvgIpc) is 2.08. The lowest BCUT2D eigenvalue weighted by Crippen LogP contribution is -2.22. The smallest absolute Gasteiger partial charge is 0.123 e. The van der Waals surface area contributed by atoms with Crippen molar-refractivity contribution in [2.24, 2.45) is 0 Å². The van der Waals surface area contributed by atoms with Crippen LogP contribution in [0.15, 0.2) is 18.2 Å². The van der Waals surface area contributed by atoms with Crippen molar-refractivity contribution < 1.29 is 4.39 Å². The summed E-state index contributed by atoms with van der Waals surface area (Å²) in [6.45, 7) is 2.69. The summed E-state index contributed by atoms with van der Waals surface area (Å²) in [6, 6.07) is 4.88. The molecule has 3 heteroatoms. The summed E-state index contributed by atoms with van der Waals surface area (Å²) in [4.78, 5) is 0. The van der Waals surface area contributed by atoms with E-state index in [1.807, 2.05) is 0 Å². The normalized spacial score (nSPS) is 16.7. The summed E-state index contributed by atoms with van der Waals surface area (Å²) in [5.74, 6) is -0.164. The molecule has 1 aromatic carbocycles. The van der Waals surface area contributed by atoms with E-state index in [1.165, 1.54) is 6.07 Å². The predicted octanol–water partition coefficient (Wildman–Crippen LogP) is 1.73. The molecule has 0 amide bonds. The van der Waals surface area contributed by atoms with Crippen molar-refractivity contribution >= 4 is 5.69 Å². The maximum Gasteiger partial charge on any atom is 0.123 e. The molecule has 70 valence electrons. The molecule has 0 aromatic heterocycles. The van der Waals surface area contributed by atoms with Crippen LogP contribution in [0, 0.1) is 5.82 Å². The number of rotatable bonds is 0. The minimum atomic E-state index is -0.164. The Morgan fingerprint density at radius 2 is 2.15 bits per heavy atom. The number of halogens is 1. The Morgan fingerprint density at radius 3 is 3.08 bits per heavy atom. The van der Waals surface area contributed by atoms with Gasteiger partial charge in [-0.05, 0) is 36.7 Å². The quantitative estimate of drug-likeness (QED) is 0.635. The average molecular weight is 180 g/mol. The van der Waals surface area contributed by atoms with Crippen LogP contribution in [-0.4, -0.2) is 13.1 Å². The monoisotopic (exact) mass is 180 g/mol. The van der Waals surface area contributed by atoms with Gasteiger partial charge >= 0.3 is 0 Å². The molecular formula is C10H13FN2. The zero-order valence-electron chi connectivity index (χ0n) is 7.44. The molecule has 0 aliphatic carbocycles. The highest BCUT2D eigenvalue weighted by Gasteiger charge is 2.05. The zero-order valence-corrected chi connectivity index (χ0v) is 7.44. The summed E-state index contributed by atoms with van der Waals surface area (Å²) in [7, 11) is 0. The summed E-state index contributed by atoms with van der Waals surface area (Å²) in [6.07, 6.45) is 1.11. The van der Waals surface area contributed by atoms with Crippen LogP contribution in [-0.2, 0) is 6.54 Å². The molecule has 1 aliphatic rings. The van der Waals surface area contributed by atoms with Crippen LogP contribution in [0.25, 0.3) is 0 Å². The number of fused-ring (bicyclic) bond motifs is 1. The molecule has 0 bridgehead atoms. The minimum absolute atomic E-state index is 0.164. The summed E-state index contributed by atoms with van der Waals surface area (Å²) in [5.41, 5.74) is 2.06. The molecule has 1 aromatic rings. The number of benzene rings is 1. The van der Waals surface area contributed by atoms with Gasteiger partial charge in [0, 0.05) is 18.8 Å². The predicted molar refractivity (Wildman–Crippen MR) is 51.2 cm³/mol. The van der Waals surface area contributed by atoms with E-state index in [-0.39, 0.29) is 5.82 Å². The maximum atomic E-state index is 12.9. The van der Waals surface area contributed by atoms with E-state index in [0.29, 0.717) is 0 Å². The van der Waals surface area contributed by atoms with Crippen molar-refractivity contribution in [1.29, 1.82) is 0 Å². The first-order chi connectivity index (χ1) is 6.36. The van der Waals surface area contributed by atoms with Crippen LogP contribution in [0.4, 0.5) is 10.1 Å². The Labute approximate surface area is 77.2 Å². The Hall–Kier alpha value is -1.09. The van der Waals surface area contributed by atoms with Gasteiger partial charge in [-0.15, -0.1) is 0 Å². The number of nitrogens with one attached hydrogen (secondary N) is 2. The lowest BCUT2D eigenvalue weighted by molar-refractivity contribution is 0.614. The Bertz CT molecular complexity index is 299. The molecule has 0 saturated carbocycles. The van der Waals surface area contributed by atoms with Gasteiger partial charge < -0.3 is 10.6 Å². The maximum absolute atomic E-state index is 12.9. The second-order valence-corrected chi connectivity index (χ2v) is 3.26. The molecule has 1 aliphatic heterocycles. The Balaban J connectivity index is 2.28. The van der Waals surface area contributed by atoms with Gasteiger partial charge in [0.15, 0.2) is 0 Å². The zero-order chi connectivity index (χ0) is 9.10. The molecule has 2 N–H and O–H groups in total. The second kappa shape index (κ2) is 3.75. The third-order valence-corrected chi connectivity index (χ3v) is 2.23. The van der Waals surface area contributed by atoms with Crippen LogP contribution < -0.4 is 10.6 Å². The number of hydrogen-bond donors (Lipinski definition) is 2. The summed E-state index contributed by atoms with van der Waals surface area (Å²) in [5, 5.41) is 6.55.